The quantitative estimate of drug-likeness (QED) is 0.483. The highest BCUT2D eigenvalue weighted by Gasteiger charge is 2.52. The van der Waals surface area contributed by atoms with Crippen molar-refractivity contribution in [1.29, 1.82) is 0 Å². The number of Topliss-reactive ketones (excluding diaryl/α,β-unsaturated/α-hetero) is 1. The molecule has 58 valence electrons. The van der Waals surface area contributed by atoms with Crippen molar-refractivity contribution in [2.45, 2.75) is 12.2 Å². The molecule has 0 aromatic rings. The Bertz CT molecular complexity index is 266. The van der Waals surface area contributed by atoms with E-state index < -0.39 is 12.2 Å². The zero-order chi connectivity index (χ0) is 8.01. The first-order valence-electron chi connectivity index (χ1n) is 3.29. The van der Waals surface area contributed by atoms with Gasteiger partial charge in [-0.15, -0.1) is 0 Å². The number of ether oxygens (including phenoxy) is 1. The van der Waals surface area contributed by atoms with Gasteiger partial charge in [-0.3, -0.25) is 9.59 Å². The lowest BCUT2D eigenvalue weighted by Crippen LogP contribution is -2.24. The molecule has 0 saturated carbocycles. The van der Waals surface area contributed by atoms with E-state index in [4.69, 9.17) is 9.84 Å². The molecule has 0 radical (unpaired) electrons. The van der Waals surface area contributed by atoms with Crippen LogP contribution in [0.1, 0.15) is 0 Å². The minimum atomic E-state index is -0.588. The molecule has 11 heavy (non-hydrogen) atoms. The Morgan fingerprint density at radius 3 is 2.82 bits per heavy atom. The number of hydrogen-bond donors (Lipinski definition) is 1. The van der Waals surface area contributed by atoms with Crippen LogP contribution in [-0.2, 0) is 14.3 Å². The fourth-order valence-electron chi connectivity index (χ4n) is 1.16. The lowest BCUT2D eigenvalue weighted by molar-refractivity contribution is -0.120. The Labute approximate surface area is 62.5 Å². The number of fused-ring (bicyclic) bond motifs is 1. The van der Waals surface area contributed by atoms with Crippen molar-refractivity contribution >= 4 is 11.6 Å². The van der Waals surface area contributed by atoms with Crippen molar-refractivity contribution in [2.24, 2.45) is 0 Å². The van der Waals surface area contributed by atoms with Gasteiger partial charge in [-0.25, -0.2) is 0 Å². The van der Waals surface area contributed by atoms with E-state index in [0.29, 0.717) is 0 Å². The highest BCUT2D eigenvalue weighted by molar-refractivity contribution is 6.15. The second-order valence-electron chi connectivity index (χ2n) is 2.57. The molecule has 1 aliphatic carbocycles. The molecule has 2 aliphatic rings. The summed E-state index contributed by atoms with van der Waals surface area (Å²) >= 11 is 0. The summed E-state index contributed by atoms with van der Waals surface area (Å²) in [5.74, 6) is -0.462. The topological polar surface area (TPSA) is 66.9 Å². The van der Waals surface area contributed by atoms with E-state index in [9.17, 15) is 9.59 Å². The maximum absolute atomic E-state index is 11.0. The Hall–Kier alpha value is -1.00. The molecule has 0 aromatic carbocycles. The third kappa shape index (κ3) is 0.834. The molecule has 4 heteroatoms. The second-order valence-corrected chi connectivity index (χ2v) is 2.57. The average molecular weight is 154 g/mol. The van der Waals surface area contributed by atoms with E-state index in [-0.39, 0.29) is 23.7 Å². The third-order valence-electron chi connectivity index (χ3n) is 1.83. The van der Waals surface area contributed by atoms with Gasteiger partial charge >= 0.3 is 0 Å². The van der Waals surface area contributed by atoms with Gasteiger partial charge < -0.3 is 9.84 Å². The lowest BCUT2D eigenvalue weighted by Gasteiger charge is -2.02. The van der Waals surface area contributed by atoms with Gasteiger partial charge in [0.1, 0.15) is 0 Å². The van der Waals surface area contributed by atoms with Gasteiger partial charge in [0.25, 0.3) is 0 Å². The Balaban J connectivity index is 2.32. The number of hydrogen-bond acceptors (Lipinski definition) is 4. The molecular formula is C7H6O4. The van der Waals surface area contributed by atoms with Crippen LogP contribution in [0.5, 0.6) is 0 Å². The van der Waals surface area contributed by atoms with Crippen LogP contribution in [0.3, 0.4) is 0 Å². The van der Waals surface area contributed by atoms with E-state index in [2.05, 4.69) is 0 Å². The van der Waals surface area contributed by atoms with E-state index in [1.54, 1.807) is 0 Å². The van der Waals surface area contributed by atoms with Crippen LogP contribution in [-0.4, -0.2) is 35.5 Å². The summed E-state index contributed by atoms with van der Waals surface area (Å²) in [6.45, 7) is -0.378. The SMILES string of the molecule is O=C1C=C(CO)C(=O)[C@@H]2O[C@H]12. The molecule has 1 fully saturated rings. The van der Waals surface area contributed by atoms with E-state index in [1.807, 2.05) is 0 Å². The smallest absolute Gasteiger partial charge is 0.193 e. The van der Waals surface area contributed by atoms with Crippen LogP contribution in [0, 0.1) is 0 Å². The number of carbonyl (C=O) groups excluding carboxylic acids is 2. The second kappa shape index (κ2) is 1.99. The molecule has 1 heterocycles. The summed E-state index contributed by atoms with van der Waals surface area (Å²) in [7, 11) is 0. The summed E-state index contributed by atoms with van der Waals surface area (Å²) < 4.78 is 4.77. The van der Waals surface area contributed by atoms with Gasteiger partial charge in [-0.1, -0.05) is 0 Å². The molecule has 2 atom stereocenters. The standard InChI is InChI=1S/C7H6O4/c8-2-3-1-4(9)6-7(11-6)5(3)10/h1,6-8H,2H2/t6-,7+/m1/s1. The number of epoxide rings is 1. The Morgan fingerprint density at radius 2 is 2.18 bits per heavy atom. The van der Waals surface area contributed by atoms with Gasteiger partial charge in [0.15, 0.2) is 23.8 Å². The monoisotopic (exact) mass is 154 g/mol. The van der Waals surface area contributed by atoms with Crippen LogP contribution in [0.15, 0.2) is 11.6 Å². The zero-order valence-electron chi connectivity index (χ0n) is 5.61. The first kappa shape index (κ1) is 6.69. The first-order valence-corrected chi connectivity index (χ1v) is 3.29. The average Bonchev–Trinajstić information content (AvgIpc) is 2.75. The molecule has 2 rings (SSSR count). The van der Waals surface area contributed by atoms with Crippen LogP contribution in [0.2, 0.25) is 0 Å². The molecule has 0 spiro atoms. The fourth-order valence-corrected chi connectivity index (χ4v) is 1.16. The number of rotatable bonds is 1. The summed E-state index contributed by atoms with van der Waals surface area (Å²) in [5.41, 5.74) is 0.161. The third-order valence-corrected chi connectivity index (χ3v) is 1.83. The van der Waals surface area contributed by atoms with Crippen molar-refractivity contribution in [2.75, 3.05) is 6.61 Å². The molecular weight excluding hydrogens is 148 g/mol. The largest absolute Gasteiger partial charge is 0.392 e. The summed E-state index contributed by atoms with van der Waals surface area (Å²) in [4.78, 5) is 21.9. The number of ketones is 2. The van der Waals surface area contributed by atoms with Crippen LogP contribution < -0.4 is 0 Å². The van der Waals surface area contributed by atoms with E-state index in [1.165, 1.54) is 0 Å². The number of aliphatic hydroxyl groups excluding tert-OH is 1. The Morgan fingerprint density at radius 1 is 1.45 bits per heavy atom. The van der Waals surface area contributed by atoms with Gasteiger partial charge in [0.2, 0.25) is 0 Å². The minimum absolute atomic E-state index is 0.161. The number of aliphatic hydroxyl groups is 1. The summed E-state index contributed by atoms with van der Waals surface area (Å²) in [6.07, 6.45) is 0.0312. The van der Waals surface area contributed by atoms with Crippen LogP contribution in [0.4, 0.5) is 0 Å². The van der Waals surface area contributed by atoms with Gasteiger partial charge in [0.05, 0.1) is 6.61 Å². The van der Waals surface area contributed by atoms with Crippen molar-refractivity contribution in [3.05, 3.63) is 11.6 Å². The molecule has 4 nitrogen and oxygen atoms in total. The molecule has 1 aliphatic heterocycles. The molecule has 0 aromatic heterocycles. The van der Waals surface area contributed by atoms with Gasteiger partial charge in [-0.05, 0) is 6.08 Å². The predicted octanol–water partition coefficient (Wildman–Crippen LogP) is -1.18. The van der Waals surface area contributed by atoms with Gasteiger partial charge in [-0.2, -0.15) is 0 Å². The van der Waals surface area contributed by atoms with Crippen molar-refractivity contribution < 1.29 is 19.4 Å². The van der Waals surface area contributed by atoms with Crippen LogP contribution in [0.25, 0.3) is 0 Å². The highest BCUT2D eigenvalue weighted by Crippen LogP contribution is 2.30. The van der Waals surface area contributed by atoms with Crippen LogP contribution >= 0.6 is 0 Å². The molecule has 1 saturated heterocycles. The maximum atomic E-state index is 11.0. The van der Waals surface area contributed by atoms with E-state index in [0.717, 1.165) is 6.08 Å². The summed E-state index contributed by atoms with van der Waals surface area (Å²) in [6, 6.07) is 0. The first-order chi connectivity index (χ1) is 5.24. The predicted molar refractivity (Wildman–Crippen MR) is 33.8 cm³/mol. The maximum Gasteiger partial charge on any atom is 0.193 e. The van der Waals surface area contributed by atoms with Gasteiger partial charge in [0, 0.05) is 5.57 Å². The van der Waals surface area contributed by atoms with Crippen molar-refractivity contribution in [3.8, 4) is 0 Å². The zero-order valence-corrected chi connectivity index (χ0v) is 5.61. The highest BCUT2D eigenvalue weighted by atomic mass is 16.6. The molecule has 1 N–H and O–H groups in total. The molecule has 0 bridgehead atoms. The van der Waals surface area contributed by atoms with Crippen molar-refractivity contribution in [1.82, 2.24) is 0 Å². The normalized spacial score (nSPS) is 34.8. The number of carbonyl (C=O) groups is 2. The molecule has 0 amide bonds. The van der Waals surface area contributed by atoms with Crippen molar-refractivity contribution in [3.63, 3.8) is 0 Å². The van der Waals surface area contributed by atoms with E-state index >= 15 is 0 Å². The Kier molecular flexibility index (Phi) is 1.21. The summed E-state index contributed by atoms with van der Waals surface area (Å²) in [5, 5.41) is 8.62. The fraction of sp³-hybridized carbons (Fsp3) is 0.429. The minimum Gasteiger partial charge on any atom is -0.392 e. The molecule has 0 unspecified atom stereocenters. The lowest BCUT2D eigenvalue weighted by atomic mass is 9.98.